The highest BCUT2D eigenvalue weighted by molar-refractivity contribution is 6.74. The minimum absolute atomic E-state index is 0.00393. The standard InChI is InChI=1S/C23H38O4Si/c1-21(2,3)28(8,9)27-18-15-17(19-20(18)26-23(6,7)25-19)24-22(4,5)16-13-11-10-12-14-16/h10-14,17-20H,15H2,1-9H3/t17-,18+,19+,20-/m1/s1. The van der Waals surface area contributed by atoms with E-state index in [0.717, 1.165) is 6.42 Å². The number of hydrogen-bond acceptors (Lipinski definition) is 4. The van der Waals surface area contributed by atoms with Crippen LogP contribution in [0.2, 0.25) is 18.1 Å². The molecule has 1 aliphatic carbocycles. The average Bonchev–Trinajstić information content (AvgIpc) is 3.01. The zero-order valence-electron chi connectivity index (χ0n) is 19.0. The van der Waals surface area contributed by atoms with E-state index in [1.54, 1.807) is 0 Å². The Hall–Kier alpha value is -0.723. The lowest BCUT2D eigenvalue weighted by Crippen LogP contribution is -2.46. The highest BCUT2D eigenvalue weighted by Crippen LogP contribution is 2.46. The van der Waals surface area contributed by atoms with Crippen molar-refractivity contribution in [3.8, 4) is 0 Å². The second-order valence-corrected chi connectivity index (χ2v) is 15.5. The van der Waals surface area contributed by atoms with Crippen LogP contribution in [0.25, 0.3) is 0 Å². The number of hydrogen-bond donors (Lipinski definition) is 0. The van der Waals surface area contributed by atoms with E-state index in [0.29, 0.717) is 0 Å². The molecule has 1 heterocycles. The van der Waals surface area contributed by atoms with Gasteiger partial charge in [-0.05, 0) is 51.4 Å². The monoisotopic (exact) mass is 406 g/mol. The predicted molar refractivity (Wildman–Crippen MR) is 115 cm³/mol. The molecule has 1 aliphatic heterocycles. The average molecular weight is 407 g/mol. The lowest BCUT2D eigenvalue weighted by Gasteiger charge is -2.39. The second kappa shape index (κ2) is 7.20. The maximum absolute atomic E-state index is 6.77. The molecule has 158 valence electrons. The molecule has 1 aromatic rings. The zero-order chi connectivity index (χ0) is 21.0. The first-order chi connectivity index (χ1) is 12.7. The van der Waals surface area contributed by atoms with E-state index in [9.17, 15) is 0 Å². The molecule has 28 heavy (non-hydrogen) atoms. The summed E-state index contributed by atoms with van der Waals surface area (Å²) in [6.45, 7) is 19.6. The zero-order valence-corrected chi connectivity index (χ0v) is 20.0. The summed E-state index contributed by atoms with van der Waals surface area (Å²) in [4.78, 5) is 0. The van der Waals surface area contributed by atoms with Gasteiger partial charge < -0.3 is 18.6 Å². The molecular formula is C23H38O4Si. The van der Waals surface area contributed by atoms with Crippen molar-refractivity contribution in [2.24, 2.45) is 0 Å². The summed E-state index contributed by atoms with van der Waals surface area (Å²) < 4.78 is 26.0. The first-order valence-corrected chi connectivity index (χ1v) is 13.4. The van der Waals surface area contributed by atoms with Gasteiger partial charge in [-0.25, -0.2) is 0 Å². The van der Waals surface area contributed by atoms with E-state index < -0.39 is 19.7 Å². The molecule has 5 heteroatoms. The van der Waals surface area contributed by atoms with Gasteiger partial charge in [0.05, 0.1) is 17.8 Å². The molecule has 1 saturated carbocycles. The van der Waals surface area contributed by atoms with Crippen LogP contribution in [0.3, 0.4) is 0 Å². The molecule has 2 fully saturated rings. The predicted octanol–water partition coefficient (Wildman–Crippen LogP) is 5.62. The van der Waals surface area contributed by atoms with Crippen LogP contribution in [0.1, 0.15) is 60.5 Å². The molecule has 1 saturated heterocycles. The third kappa shape index (κ3) is 4.39. The van der Waals surface area contributed by atoms with E-state index in [1.807, 2.05) is 19.9 Å². The van der Waals surface area contributed by atoms with E-state index in [-0.39, 0.29) is 29.5 Å². The third-order valence-electron chi connectivity index (χ3n) is 6.53. The van der Waals surface area contributed by atoms with Crippen LogP contribution in [-0.2, 0) is 24.2 Å². The van der Waals surface area contributed by atoms with Crippen LogP contribution in [0.5, 0.6) is 0 Å². The summed E-state index contributed by atoms with van der Waals surface area (Å²) in [5.74, 6) is -0.608. The largest absolute Gasteiger partial charge is 0.411 e. The summed E-state index contributed by atoms with van der Waals surface area (Å²) in [6.07, 6.45) is 0.559. The lowest BCUT2D eigenvalue weighted by molar-refractivity contribution is -0.188. The molecule has 0 unspecified atom stereocenters. The molecule has 0 bridgehead atoms. The molecule has 4 atom stereocenters. The Morgan fingerprint density at radius 2 is 1.46 bits per heavy atom. The minimum Gasteiger partial charge on any atom is -0.411 e. The van der Waals surface area contributed by atoms with Crippen molar-refractivity contribution in [3.05, 3.63) is 35.9 Å². The third-order valence-corrected chi connectivity index (χ3v) is 11.0. The maximum atomic E-state index is 6.77. The fraction of sp³-hybridized carbons (Fsp3) is 0.739. The van der Waals surface area contributed by atoms with Gasteiger partial charge in [0.25, 0.3) is 0 Å². The highest BCUT2D eigenvalue weighted by atomic mass is 28.4. The normalized spacial score (nSPS) is 30.5. The molecule has 0 aromatic heterocycles. The van der Waals surface area contributed by atoms with Crippen molar-refractivity contribution in [3.63, 3.8) is 0 Å². The van der Waals surface area contributed by atoms with Gasteiger partial charge in [-0.15, -0.1) is 0 Å². The second-order valence-electron chi connectivity index (χ2n) is 10.7. The van der Waals surface area contributed by atoms with Gasteiger partial charge in [0, 0.05) is 6.42 Å². The van der Waals surface area contributed by atoms with Crippen molar-refractivity contribution < 1.29 is 18.6 Å². The Kier molecular flexibility index (Phi) is 5.65. The van der Waals surface area contributed by atoms with Crippen LogP contribution in [-0.4, -0.2) is 38.5 Å². The van der Waals surface area contributed by atoms with E-state index in [2.05, 4.69) is 72.0 Å². The molecule has 1 aromatic carbocycles. The number of ether oxygens (including phenoxy) is 3. The first-order valence-electron chi connectivity index (χ1n) is 10.5. The lowest BCUT2D eigenvalue weighted by atomic mass is 9.97. The fourth-order valence-corrected chi connectivity index (χ4v) is 5.30. The fourth-order valence-electron chi connectivity index (χ4n) is 3.96. The van der Waals surface area contributed by atoms with Crippen molar-refractivity contribution in [1.29, 1.82) is 0 Å². The van der Waals surface area contributed by atoms with Crippen LogP contribution in [0.4, 0.5) is 0 Å². The quantitative estimate of drug-likeness (QED) is 0.595. The van der Waals surface area contributed by atoms with Gasteiger partial charge in [-0.2, -0.15) is 0 Å². The van der Waals surface area contributed by atoms with Gasteiger partial charge in [0.15, 0.2) is 14.1 Å². The van der Waals surface area contributed by atoms with Gasteiger partial charge >= 0.3 is 0 Å². The highest BCUT2D eigenvalue weighted by Gasteiger charge is 2.57. The molecule has 0 N–H and O–H groups in total. The van der Waals surface area contributed by atoms with Crippen LogP contribution < -0.4 is 0 Å². The maximum Gasteiger partial charge on any atom is 0.192 e. The Morgan fingerprint density at radius 1 is 0.929 bits per heavy atom. The molecule has 0 radical (unpaired) electrons. The smallest absolute Gasteiger partial charge is 0.192 e. The van der Waals surface area contributed by atoms with Crippen molar-refractivity contribution in [2.75, 3.05) is 0 Å². The summed E-state index contributed by atoms with van der Waals surface area (Å²) in [5.41, 5.74) is 0.761. The molecular weight excluding hydrogens is 368 g/mol. The van der Waals surface area contributed by atoms with Crippen LogP contribution in [0.15, 0.2) is 30.3 Å². The summed E-state index contributed by atoms with van der Waals surface area (Å²) in [6, 6.07) is 10.4. The van der Waals surface area contributed by atoms with Crippen LogP contribution in [0, 0.1) is 0 Å². The van der Waals surface area contributed by atoms with Crippen molar-refractivity contribution >= 4 is 8.32 Å². The molecule has 0 spiro atoms. The molecule has 0 amide bonds. The SMILES string of the molecule is CC1(C)O[C@@H]2[C@H](O1)[C@@H](O[Si](C)(C)C(C)(C)C)C[C@H]2OC(C)(C)c1ccccc1. The summed E-state index contributed by atoms with van der Waals surface area (Å²) >= 11 is 0. The number of fused-ring (bicyclic) bond motifs is 1. The molecule has 2 aliphatic rings. The Labute approximate surface area is 172 Å². The number of benzene rings is 1. The van der Waals surface area contributed by atoms with E-state index in [1.165, 1.54) is 5.56 Å². The number of rotatable bonds is 5. The van der Waals surface area contributed by atoms with Crippen molar-refractivity contribution in [1.82, 2.24) is 0 Å². The van der Waals surface area contributed by atoms with Crippen molar-refractivity contribution in [2.45, 2.75) is 109 Å². The Morgan fingerprint density at radius 3 is 2.00 bits per heavy atom. The van der Waals surface area contributed by atoms with Gasteiger partial charge in [-0.3, -0.25) is 0 Å². The molecule has 4 nitrogen and oxygen atoms in total. The van der Waals surface area contributed by atoms with E-state index in [4.69, 9.17) is 18.6 Å². The molecule has 3 rings (SSSR count). The summed E-state index contributed by atoms with van der Waals surface area (Å²) in [7, 11) is -1.92. The first kappa shape index (κ1) is 22.0. The Balaban J connectivity index is 1.81. The van der Waals surface area contributed by atoms with Gasteiger partial charge in [0.2, 0.25) is 0 Å². The van der Waals surface area contributed by atoms with Gasteiger partial charge in [-0.1, -0.05) is 51.1 Å². The van der Waals surface area contributed by atoms with Crippen LogP contribution >= 0.6 is 0 Å². The topological polar surface area (TPSA) is 36.9 Å². The van der Waals surface area contributed by atoms with E-state index >= 15 is 0 Å². The minimum atomic E-state index is -1.92. The van der Waals surface area contributed by atoms with Gasteiger partial charge in [0.1, 0.15) is 12.2 Å². The summed E-state index contributed by atoms with van der Waals surface area (Å²) in [5, 5.41) is 0.153. The Bertz CT molecular complexity index is 678.